The molecule has 0 aliphatic rings. The third-order valence-electron chi connectivity index (χ3n) is 5.78. The molecule has 8 nitrogen and oxygen atoms in total. The first-order chi connectivity index (χ1) is 17.7. The third kappa shape index (κ3) is 6.89. The lowest BCUT2D eigenvalue weighted by Gasteiger charge is -2.09. The smallest absolute Gasteiger partial charge is 0.417 e. The van der Waals surface area contributed by atoms with Crippen molar-refractivity contribution >= 4 is 30.8 Å². The molecule has 4 rings (SSSR count). The summed E-state index contributed by atoms with van der Waals surface area (Å²) in [5, 5.41) is 12.9. The van der Waals surface area contributed by atoms with E-state index in [0.29, 0.717) is 31.3 Å². The number of fused-ring (bicyclic) bond motifs is 1. The van der Waals surface area contributed by atoms with Gasteiger partial charge in [0.05, 0.1) is 5.52 Å². The van der Waals surface area contributed by atoms with Crippen LogP contribution in [0.25, 0.3) is 34.0 Å². The Balaban J connectivity index is 1.54. The fraction of sp³-hybridized carbons (Fsp3) is 0.296. The molecule has 0 saturated carbocycles. The lowest BCUT2D eigenvalue weighted by Crippen LogP contribution is -2.16. The molecule has 0 amide bonds. The van der Waals surface area contributed by atoms with Crippen LogP contribution in [0.5, 0.6) is 0 Å². The maximum atomic E-state index is 10.6. The lowest BCUT2D eigenvalue weighted by atomic mass is 10.00. The molecule has 0 radical (unpaired) electrons. The average Bonchev–Trinajstić information content (AvgIpc) is 3.37. The van der Waals surface area contributed by atoms with Crippen LogP contribution in [0.1, 0.15) is 49.6 Å². The second kappa shape index (κ2) is 13.1. The van der Waals surface area contributed by atoms with Crippen molar-refractivity contribution in [2.45, 2.75) is 39.2 Å². The van der Waals surface area contributed by atoms with Gasteiger partial charge in [-0.3, -0.25) is 4.98 Å². The van der Waals surface area contributed by atoms with E-state index in [1.54, 1.807) is 6.20 Å². The summed E-state index contributed by atoms with van der Waals surface area (Å²) in [4.78, 5) is 13.3. The fourth-order valence-corrected chi connectivity index (χ4v) is 4.28. The normalized spacial score (nSPS) is 12.3. The van der Waals surface area contributed by atoms with Gasteiger partial charge >= 0.3 is 8.25 Å². The molecule has 2 N–H and O–H groups in total. The standard InChI is InChI=1S/C27H29N4O4P/c1-2-3-9-21(20-10-5-4-6-11-20)18-25-30-31-27(35-25)24-14-13-22(26-23(24)12-7-16-29-26)19-28-15-8-17-34-36(32)33/h4-7,10-14,16,18,28H,2-3,8-9,15,17,19H2,1H3/p+1/b21-18+. The highest BCUT2D eigenvalue weighted by Crippen LogP contribution is 2.30. The molecule has 0 aliphatic carbocycles. The van der Waals surface area contributed by atoms with Crippen LogP contribution in [0.4, 0.5) is 0 Å². The second-order valence-corrected chi connectivity index (χ2v) is 9.09. The Kier molecular flexibility index (Phi) is 9.41. The summed E-state index contributed by atoms with van der Waals surface area (Å²) in [6.07, 6.45) is 7.52. The van der Waals surface area contributed by atoms with E-state index in [1.165, 1.54) is 5.57 Å². The van der Waals surface area contributed by atoms with Crippen molar-refractivity contribution in [3.05, 3.63) is 77.8 Å². The van der Waals surface area contributed by atoms with Crippen LogP contribution in [0.3, 0.4) is 0 Å². The van der Waals surface area contributed by atoms with E-state index in [1.807, 2.05) is 48.5 Å². The Hall–Kier alpha value is -3.29. The van der Waals surface area contributed by atoms with Gasteiger partial charge in [-0.05, 0) is 54.6 Å². The molecule has 36 heavy (non-hydrogen) atoms. The van der Waals surface area contributed by atoms with Gasteiger partial charge in [0.15, 0.2) is 0 Å². The first kappa shape index (κ1) is 25.8. The first-order valence-corrected chi connectivity index (χ1v) is 13.2. The summed E-state index contributed by atoms with van der Waals surface area (Å²) < 4.78 is 21.4. The van der Waals surface area contributed by atoms with Gasteiger partial charge in [0.1, 0.15) is 6.61 Å². The molecule has 0 saturated heterocycles. The van der Waals surface area contributed by atoms with Crippen molar-refractivity contribution < 1.29 is 18.4 Å². The molecule has 4 aromatic rings. The second-order valence-electron chi connectivity index (χ2n) is 8.36. The zero-order valence-corrected chi connectivity index (χ0v) is 21.2. The zero-order chi connectivity index (χ0) is 25.2. The SMILES string of the molecule is CCCC/C(=C\c1nnc(-c2ccc(CNCCCO[P+](=O)O)c3ncccc23)o1)c1ccccc1. The quantitative estimate of drug-likeness (QED) is 0.164. The van der Waals surface area contributed by atoms with Crippen LogP contribution in [-0.4, -0.2) is 33.2 Å². The van der Waals surface area contributed by atoms with Gasteiger partial charge in [0.25, 0.3) is 0 Å². The van der Waals surface area contributed by atoms with E-state index in [4.69, 9.17) is 9.31 Å². The van der Waals surface area contributed by atoms with Crippen LogP contribution in [-0.2, 0) is 15.6 Å². The molecule has 1 atom stereocenters. The number of nitrogens with one attached hydrogen (secondary N) is 1. The summed E-state index contributed by atoms with van der Waals surface area (Å²) in [7, 11) is -2.54. The predicted molar refractivity (Wildman–Crippen MR) is 141 cm³/mol. The molecule has 0 fully saturated rings. The van der Waals surface area contributed by atoms with Gasteiger partial charge in [-0.15, -0.1) is 19.6 Å². The average molecular weight is 506 g/mol. The minimum atomic E-state index is -2.54. The molecule has 0 bridgehead atoms. The zero-order valence-electron chi connectivity index (χ0n) is 20.3. The molecule has 9 heteroatoms. The summed E-state index contributed by atoms with van der Waals surface area (Å²) in [6.45, 7) is 3.67. The van der Waals surface area contributed by atoms with E-state index in [2.05, 4.69) is 44.1 Å². The van der Waals surface area contributed by atoms with Crippen LogP contribution >= 0.6 is 8.25 Å². The number of rotatable bonds is 13. The Morgan fingerprint density at radius 1 is 1.11 bits per heavy atom. The number of benzene rings is 2. The van der Waals surface area contributed by atoms with Crippen LogP contribution in [0, 0.1) is 0 Å². The summed E-state index contributed by atoms with van der Waals surface area (Å²) in [6, 6.07) is 18.2. The first-order valence-electron chi connectivity index (χ1n) is 12.1. The maximum absolute atomic E-state index is 10.6. The van der Waals surface area contributed by atoms with E-state index < -0.39 is 8.25 Å². The Morgan fingerprint density at radius 2 is 1.97 bits per heavy atom. The number of aromatic nitrogens is 3. The highest BCUT2D eigenvalue weighted by atomic mass is 31.1. The summed E-state index contributed by atoms with van der Waals surface area (Å²) >= 11 is 0. The van der Waals surface area contributed by atoms with E-state index >= 15 is 0 Å². The maximum Gasteiger partial charge on any atom is 0.694 e. The van der Waals surface area contributed by atoms with E-state index in [0.717, 1.165) is 46.9 Å². The summed E-state index contributed by atoms with van der Waals surface area (Å²) in [5.41, 5.74) is 5.07. The van der Waals surface area contributed by atoms with Crippen LogP contribution in [0.15, 0.2) is 65.2 Å². The number of unbranched alkanes of at least 4 members (excludes halogenated alkanes) is 1. The number of hydrogen-bond acceptors (Lipinski definition) is 7. The lowest BCUT2D eigenvalue weighted by molar-refractivity contribution is 0.276. The fourth-order valence-electron chi connectivity index (χ4n) is 3.99. The third-order valence-corrected chi connectivity index (χ3v) is 6.18. The number of pyridine rings is 1. The minimum Gasteiger partial charge on any atom is -0.417 e. The van der Waals surface area contributed by atoms with Crippen molar-refractivity contribution in [3.63, 3.8) is 0 Å². The van der Waals surface area contributed by atoms with Gasteiger partial charge < -0.3 is 9.73 Å². The molecule has 0 spiro atoms. The largest absolute Gasteiger partial charge is 0.694 e. The summed E-state index contributed by atoms with van der Waals surface area (Å²) in [5.74, 6) is 0.937. The van der Waals surface area contributed by atoms with Crippen LogP contribution in [0.2, 0.25) is 0 Å². The van der Waals surface area contributed by atoms with E-state index in [-0.39, 0.29) is 6.61 Å². The minimum absolute atomic E-state index is 0.231. The molecule has 186 valence electrons. The molecule has 2 aromatic carbocycles. The van der Waals surface area contributed by atoms with Gasteiger partial charge in [-0.25, -0.2) is 0 Å². The molecule has 0 aliphatic heterocycles. The van der Waals surface area contributed by atoms with Gasteiger partial charge in [0.2, 0.25) is 11.8 Å². The van der Waals surface area contributed by atoms with Crippen LogP contribution < -0.4 is 5.32 Å². The van der Waals surface area contributed by atoms with Gasteiger partial charge in [-0.1, -0.05) is 55.8 Å². The Labute approximate surface area is 211 Å². The van der Waals surface area contributed by atoms with Crippen molar-refractivity contribution in [1.82, 2.24) is 20.5 Å². The van der Waals surface area contributed by atoms with E-state index in [9.17, 15) is 4.57 Å². The predicted octanol–water partition coefficient (Wildman–Crippen LogP) is 6.16. The molecule has 2 heterocycles. The highest BCUT2D eigenvalue weighted by molar-refractivity contribution is 7.32. The number of nitrogens with zero attached hydrogens (tertiary/aromatic N) is 3. The number of hydrogen-bond donors (Lipinski definition) is 2. The Morgan fingerprint density at radius 3 is 2.78 bits per heavy atom. The van der Waals surface area contributed by atoms with Crippen molar-refractivity contribution in [1.29, 1.82) is 0 Å². The van der Waals surface area contributed by atoms with Crippen molar-refractivity contribution in [2.24, 2.45) is 0 Å². The van der Waals surface area contributed by atoms with Crippen molar-refractivity contribution in [2.75, 3.05) is 13.2 Å². The molecule has 1 unspecified atom stereocenters. The monoisotopic (exact) mass is 505 g/mol. The van der Waals surface area contributed by atoms with Gasteiger partial charge in [0, 0.05) is 34.3 Å². The molecular formula is C27H30N4O4P+. The Bertz CT molecular complexity index is 1320. The van der Waals surface area contributed by atoms with Gasteiger partial charge in [-0.2, -0.15) is 0 Å². The molecule has 2 aromatic heterocycles. The topological polar surface area (TPSA) is 110 Å². The molecular weight excluding hydrogens is 475 g/mol. The highest BCUT2D eigenvalue weighted by Gasteiger charge is 2.15. The number of allylic oxidation sites excluding steroid dienone is 1. The van der Waals surface area contributed by atoms with Crippen molar-refractivity contribution in [3.8, 4) is 11.5 Å².